The first-order chi connectivity index (χ1) is 9.78. The van der Waals surface area contributed by atoms with Crippen LogP contribution in [0.2, 0.25) is 0 Å². The number of aryl methyl sites for hydroxylation is 1. The van der Waals surface area contributed by atoms with E-state index in [-0.39, 0.29) is 0 Å². The summed E-state index contributed by atoms with van der Waals surface area (Å²) in [4.78, 5) is 12.7. The average molecular weight is 305 g/mol. The fourth-order valence-corrected chi connectivity index (χ4v) is 3.14. The lowest BCUT2D eigenvalue weighted by molar-refractivity contribution is 0.791. The smallest absolute Gasteiger partial charge is 0.198 e. The summed E-state index contributed by atoms with van der Waals surface area (Å²) >= 11 is 2.83. The van der Waals surface area contributed by atoms with Crippen LogP contribution in [0.5, 0.6) is 0 Å². The minimum absolute atomic E-state index is 0.681. The first-order valence-electron chi connectivity index (χ1n) is 5.94. The molecule has 0 aliphatic heterocycles. The molecule has 0 atom stereocenters. The number of aromatic nitrogens is 7. The van der Waals surface area contributed by atoms with Crippen LogP contribution in [-0.4, -0.2) is 34.1 Å². The molecule has 0 aliphatic carbocycles. The predicted octanol–water partition coefficient (Wildman–Crippen LogP) is 1.84. The highest BCUT2D eigenvalue weighted by molar-refractivity contribution is 8.00. The first kappa shape index (κ1) is 13.1. The van der Waals surface area contributed by atoms with Crippen molar-refractivity contribution in [3.8, 4) is 11.5 Å². The number of nitrogens with zero attached hydrogens (tertiary/aromatic N) is 7. The highest BCUT2D eigenvalue weighted by atomic mass is 32.2. The van der Waals surface area contributed by atoms with Crippen LogP contribution in [0.15, 0.2) is 28.1 Å². The second kappa shape index (κ2) is 5.63. The van der Waals surface area contributed by atoms with E-state index in [2.05, 4.69) is 29.5 Å². The molecule has 0 bridgehead atoms. The molecule has 0 spiro atoms. The molecule has 20 heavy (non-hydrogen) atoms. The van der Waals surface area contributed by atoms with Crippen molar-refractivity contribution in [1.82, 2.24) is 34.1 Å². The third kappa shape index (κ3) is 2.54. The van der Waals surface area contributed by atoms with E-state index in [0.29, 0.717) is 11.5 Å². The summed E-state index contributed by atoms with van der Waals surface area (Å²) in [5.74, 6) is 1.54. The zero-order valence-electron chi connectivity index (χ0n) is 10.9. The molecule has 0 fully saturated rings. The van der Waals surface area contributed by atoms with Crippen LogP contribution in [0, 0.1) is 0 Å². The normalized spacial score (nSPS) is 10.9. The Balaban J connectivity index is 1.87. The van der Waals surface area contributed by atoms with Gasteiger partial charge in [0, 0.05) is 25.9 Å². The molecule has 3 aromatic heterocycles. The van der Waals surface area contributed by atoms with Gasteiger partial charge in [-0.2, -0.15) is 4.37 Å². The molecular weight excluding hydrogens is 294 g/mol. The zero-order chi connectivity index (χ0) is 13.9. The van der Waals surface area contributed by atoms with Gasteiger partial charge in [0.15, 0.2) is 15.3 Å². The maximum atomic E-state index is 4.41. The summed E-state index contributed by atoms with van der Waals surface area (Å²) in [5.41, 5.74) is 0.695. The van der Waals surface area contributed by atoms with Gasteiger partial charge in [0.25, 0.3) is 0 Å². The molecule has 0 saturated carbocycles. The third-order valence-corrected chi connectivity index (χ3v) is 4.40. The van der Waals surface area contributed by atoms with Crippen LogP contribution in [0.3, 0.4) is 0 Å². The molecule has 0 aromatic carbocycles. The molecule has 3 rings (SSSR count). The molecule has 7 nitrogen and oxygen atoms in total. The Kier molecular flexibility index (Phi) is 3.70. The lowest BCUT2D eigenvalue weighted by Gasteiger charge is -2.00. The van der Waals surface area contributed by atoms with E-state index in [1.807, 2.05) is 18.5 Å². The molecule has 0 aliphatic rings. The number of hydrogen-bond donors (Lipinski definition) is 0. The summed E-state index contributed by atoms with van der Waals surface area (Å²) in [6, 6.07) is 0. The van der Waals surface area contributed by atoms with E-state index in [1.54, 1.807) is 18.6 Å². The Morgan fingerprint density at radius 2 is 2.20 bits per heavy atom. The summed E-state index contributed by atoms with van der Waals surface area (Å²) in [6.45, 7) is 2.03. The highest BCUT2D eigenvalue weighted by Crippen LogP contribution is 2.29. The fourth-order valence-electron chi connectivity index (χ4n) is 1.54. The quantitative estimate of drug-likeness (QED) is 0.727. The minimum atomic E-state index is 0.681. The number of rotatable bonds is 4. The average Bonchev–Trinajstić information content (AvgIpc) is 3.08. The first-order valence-corrected chi connectivity index (χ1v) is 7.53. The third-order valence-electron chi connectivity index (χ3n) is 2.57. The predicted molar refractivity (Wildman–Crippen MR) is 75.4 cm³/mol. The van der Waals surface area contributed by atoms with E-state index >= 15 is 0 Å². The molecular formula is C11H11N7S2. The van der Waals surface area contributed by atoms with Gasteiger partial charge in [0.2, 0.25) is 0 Å². The second-order valence-electron chi connectivity index (χ2n) is 3.89. The molecule has 9 heteroatoms. The zero-order valence-corrected chi connectivity index (χ0v) is 12.5. The Morgan fingerprint density at radius 3 is 2.90 bits per heavy atom. The molecule has 0 amide bonds. The summed E-state index contributed by atoms with van der Waals surface area (Å²) in [7, 11) is 1.90. The Labute approximate surface area is 123 Å². The second-order valence-corrected chi connectivity index (χ2v) is 5.85. The van der Waals surface area contributed by atoms with Crippen molar-refractivity contribution in [2.45, 2.75) is 22.8 Å². The summed E-state index contributed by atoms with van der Waals surface area (Å²) in [6.07, 6.45) is 5.76. The minimum Gasteiger partial charge on any atom is -0.303 e. The van der Waals surface area contributed by atoms with E-state index < -0.39 is 0 Å². The summed E-state index contributed by atoms with van der Waals surface area (Å²) < 4.78 is 7.00. The van der Waals surface area contributed by atoms with Crippen LogP contribution in [-0.2, 0) is 13.5 Å². The molecule has 102 valence electrons. The SMILES string of the molecule is CCc1nsc(Sc2nnc(-c3cnccn3)n2C)n1. The molecule has 3 heterocycles. The Hall–Kier alpha value is -1.87. The van der Waals surface area contributed by atoms with Gasteiger partial charge in [0.05, 0.1) is 6.20 Å². The molecule has 3 aromatic rings. The van der Waals surface area contributed by atoms with E-state index in [0.717, 1.165) is 21.7 Å². The van der Waals surface area contributed by atoms with Crippen molar-refractivity contribution in [2.24, 2.45) is 7.05 Å². The van der Waals surface area contributed by atoms with E-state index in [1.165, 1.54) is 23.3 Å². The van der Waals surface area contributed by atoms with Gasteiger partial charge in [-0.15, -0.1) is 10.2 Å². The van der Waals surface area contributed by atoms with Crippen molar-refractivity contribution in [2.75, 3.05) is 0 Å². The Morgan fingerprint density at radius 1 is 1.30 bits per heavy atom. The van der Waals surface area contributed by atoms with Gasteiger partial charge < -0.3 is 4.57 Å². The standard InChI is InChI=1S/C11H11N7S2/c1-3-8-14-11(20-17-8)19-10-16-15-9(18(10)2)7-6-12-4-5-13-7/h4-6H,3H2,1-2H3. The lowest BCUT2D eigenvalue weighted by atomic mass is 10.4. The van der Waals surface area contributed by atoms with Gasteiger partial charge in [0.1, 0.15) is 11.5 Å². The monoisotopic (exact) mass is 305 g/mol. The van der Waals surface area contributed by atoms with Crippen molar-refractivity contribution in [1.29, 1.82) is 0 Å². The van der Waals surface area contributed by atoms with E-state index in [9.17, 15) is 0 Å². The fraction of sp³-hybridized carbons (Fsp3) is 0.273. The topological polar surface area (TPSA) is 82.3 Å². The van der Waals surface area contributed by atoms with Crippen molar-refractivity contribution >= 4 is 23.3 Å². The van der Waals surface area contributed by atoms with Crippen LogP contribution in [0.25, 0.3) is 11.5 Å². The molecule has 0 saturated heterocycles. The Bertz CT molecular complexity index is 707. The van der Waals surface area contributed by atoms with Crippen LogP contribution < -0.4 is 0 Å². The molecule has 0 unspecified atom stereocenters. The van der Waals surface area contributed by atoms with Gasteiger partial charge in [-0.3, -0.25) is 4.98 Å². The van der Waals surface area contributed by atoms with Crippen molar-refractivity contribution < 1.29 is 0 Å². The van der Waals surface area contributed by atoms with E-state index in [4.69, 9.17) is 0 Å². The molecule has 0 radical (unpaired) electrons. The van der Waals surface area contributed by atoms with Gasteiger partial charge in [-0.1, -0.05) is 6.92 Å². The highest BCUT2D eigenvalue weighted by Gasteiger charge is 2.14. The largest absolute Gasteiger partial charge is 0.303 e. The van der Waals surface area contributed by atoms with Gasteiger partial charge >= 0.3 is 0 Å². The number of hydrogen-bond acceptors (Lipinski definition) is 8. The maximum absolute atomic E-state index is 4.41. The molecule has 0 N–H and O–H groups in total. The van der Waals surface area contributed by atoms with Gasteiger partial charge in [-0.25, -0.2) is 9.97 Å². The van der Waals surface area contributed by atoms with Crippen molar-refractivity contribution in [3.05, 3.63) is 24.4 Å². The maximum Gasteiger partial charge on any atom is 0.198 e. The lowest BCUT2D eigenvalue weighted by Crippen LogP contribution is -1.96. The van der Waals surface area contributed by atoms with Gasteiger partial charge in [-0.05, 0) is 23.3 Å². The van der Waals surface area contributed by atoms with Crippen molar-refractivity contribution in [3.63, 3.8) is 0 Å². The summed E-state index contributed by atoms with van der Waals surface area (Å²) in [5, 5.41) is 9.08. The van der Waals surface area contributed by atoms with Crippen LogP contribution >= 0.6 is 23.3 Å². The van der Waals surface area contributed by atoms with Crippen LogP contribution in [0.4, 0.5) is 0 Å². The van der Waals surface area contributed by atoms with Crippen LogP contribution in [0.1, 0.15) is 12.7 Å².